The second-order valence-electron chi connectivity index (χ2n) is 3.60. The maximum Gasteiger partial charge on any atom is 0.397 e. The summed E-state index contributed by atoms with van der Waals surface area (Å²) in [6.07, 6.45) is -4.29. The molecule has 0 bridgehead atoms. The van der Waals surface area contributed by atoms with E-state index in [0.29, 0.717) is 5.71 Å². The maximum atomic E-state index is 12.6. The minimum Gasteiger partial charge on any atom is -0.400 e. The van der Waals surface area contributed by atoms with Crippen LogP contribution in [0.25, 0.3) is 0 Å². The lowest BCUT2D eigenvalue weighted by Crippen LogP contribution is -2.39. The van der Waals surface area contributed by atoms with E-state index in [1.807, 2.05) is 0 Å². The van der Waals surface area contributed by atoms with Gasteiger partial charge in [0, 0.05) is 17.3 Å². The van der Waals surface area contributed by atoms with Gasteiger partial charge in [-0.15, -0.1) is 0 Å². The monoisotopic (exact) mass is 206 g/mol. The fourth-order valence-corrected chi connectivity index (χ4v) is 1.63. The summed E-state index contributed by atoms with van der Waals surface area (Å²) in [5.74, 6) is -2.25. The van der Waals surface area contributed by atoms with Crippen molar-refractivity contribution < 1.29 is 13.2 Å². The van der Waals surface area contributed by atoms with E-state index in [4.69, 9.17) is 5.73 Å². The highest BCUT2D eigenvalue weighted by atomic mass is 19.4. The van der Waals surface area contributed by atoms with Gasteiger partial charge in [-0.25, -0.2) is 0 Å². The van der Waals surface area contributed by atoms with Crippen LogP contribution in [-0.4, -0.2) is 11.9 Å². The van der Waals surface area contributed by atoms with Crippen LogP contribution in [-0.2, 0) is 0 Å². The Bertz CT molecular complexity index is 302. The van der Waals surface area contributed by atoms with Gasteiger partial charge in [0.05, 0.1) is 5.70 Å². The molecule has 1 aliphatic heterocycles. The van der Waals surface area contributed by atoms with Crippen LogP contribution in [0.15, 0.2) is 16.4 Å². The predicted molar refractivity (Wildman–Crippen MR) is 48.7 cm³/mol. The average molecular weight is 206 g/mol. The summed E-state index contributed by atoms with van der Waals surface area (Å²) in [5.41, 5.74) is 6.02. The van der Waals surface area contributed by atoms with Gasteiger partial charge >= 0.3 is 6.18 Å². The first-order chi connectivity index (χ1) is 6.25. The topological polar surface area (TPSA) is 38.4 Å². The average Bonchev–Trinajstić information content (AvgIpc) is 1.98. The zero-order valence-corrected chi connectivity index (χ0v) is 8.31. The third-order valence-corrected chi connectivity index (χ3v) is 2.61. The van der Waals surface area contributed by atoms with Crippen LogP contribution in [0, 0.1) is 11.8 Å². The number of nitrogens with two attached hydrogens (primary N) is 1. The Balaban J connectivity index is 3.15. The van der Waals surface area contributed by atoms with Crippen LogP contribution >= 0.6 is 0 Å². The first-order valence-corrected chi connectivity index (χ1v) is 4.33. The van der Waals surface area contributed by atoms with Crippen molar-refractivity contribution in [3.8, 4) is 0 Å². The van der Waals surface area contributed by atoms with Gasteiger partial charge in [-0.3, -0.25) is 4.99 Å². The highest BCUT2D eigenvalue weighted by Crippen LogP contribution is 2.39. The molecule has 0 spiro atoms. The van der Waals surface area contributed by atoms with E-state index < -0.39 is 18.0 Å². The zero-order chi connectivity index (χ0) is 11.1. The Labute approximate surface area is 80.7 Å². The molecular formula is C9H13F3N2. The molecule has 1 rings (SSSR count). The lowest BCUT2D eigenvalue weighted by atomic mass is 9.84. The Kier molecular flexibility index (Phi) is 2.61. The smallest absolute Gasteiger partial charge is 0.397 e. The number of hydrogen-bond donors (Lipinski definition) is 1. The third-order valence-electron chi connectivity index (χ3n) is 2.61. The predicted octanol–water partition coefficient (Wildman–Crippen LogP) is 2.47. The van der Waals surface area contributed by atoms with Gasteiger partial charge in [-0.05, 0) is 13.8 Å². The molecule has 0 aromatic heterocycles. The first-order valence-electron chi connectivity index (χ1n) is 4.33. The Morgan fingerprint density at radius 3 is 2.21 bits per heavy atom. The van der Waals surface area contributed by atoms with Crippen LogP contribution in [0.5, 0.6) is 0 Å². The SMILES string of the molecule is CC1=NC(C)=C(N)C(C(F)(F)F)C1C. The Morgan fingerprint density at radius 1 is 1.29 bits per heavy atom. The summed E-state index contributed by atoms with van der Waals surface area (Å²) >= 11 is 0. The summed E-state index contributed by atoms with van der Waals surface area (Å²) in [5, 5.41) is 0. The summed E-state index contributed by atoms with van der Waals surface area (Å²) in [7, 11) is 0. The maximum absolute atomic E-state index is 12.6. The van der Waals surface area contributed by atoms with E-state index in [1.165, 1.54) is 13.8 Å². The molecule has 5 heteroatoms. The highest BCUT2D eigenvalue weighted by Gasteiger charge is 2.47. The summed E-state index contributed by atoms with van der Waals surface area (Å²) in [6.45, 7) is 4.60. The number of aliphatic imine (C=N–C) groups is 1. The number of hydrogen-bond acceptors (Lipinski definition) is 2. The largest absolute Gasteiger partial charge is 0.400 e. The summed E-state index contributed by atoms with van der Waals surface area (Å²) < 4.78 is 37.9. The van der Waals surface area contributed by atoms with Crippen molar-refractivity contribution in [3.05, 3.63) is 11.4 Å². The van der Waals surface area contributed by atoms with Crippen LogP contribution in [0.4, 0.5) is 13.2 Å². The van der Waals surface area contributed by atoms with E-state index in [1.54, 1.807) is 6.92 Å². The normalized spacial score (nSPS) is 29.1. The van der Waals surface area contributed by atoms with Gasteiger partial charge in [0.25, 0.3) is 0 Å². The number of allylic oxidation sites excluding steroid dienone is 2. The van der Waals surface area contributed by atoms with Crippen molar-refractivity contribution in [2.75, 3.05) is 0 Å². The molecule has 0 fully saturated rings. The molecule has 0 saturated carbocycles. The van der Waals surface area contributed by atoms with Crippen molar-refractivity contribution in [2.45, 2.75) is 26.9 Å². The standard InChI is InChI=1S/C9H13F3N2/c1-4-5(2)14-6(3)8(13)7(4)9(10,11)12/h4,7H,13H2,1-3H3. The van der Waals surface area contributed by atoms with Crippen LogP contribution in [0.1, 0.15) is 20.8 Å². The minimum absolute atomic E-state index is 0.157. The molecule has 0 amide bonds. The lowest BCUT2D eigenvalue weighted by Gasteiger charge is -2.30. The quantitative estimate of drug-likeness (QED) is 0.649. The van der Waals surface area contributed by atoms with Crippen molar-refractivity contribution in [2.24, 2.45) is 22.6 Å². The van der Waals surface area contributed by atoms with E-state index >= 15 is 0 Å². The molecule has 0 aromatic rings. The zero-order valence-electron chi connectivity index (χ0n) is 8.31. The fraction of sp³-hybridized carbons (Fsp3) is 0.667. The van der Waals surface area contributed by atoms with Crippen molar-refractivity contribution in [1.82, 2.24) is 0 Å². The van der Waals surface area contributed by atoms with Gasteiger partial charge in [-0.1, -0.05) is 6.92 Å². The van der Waals surface area contributed by atoms with Gasteiger partial charge in [0.2, 0.25) is 0 Å². The van der Waals surface area contributed by atoms with Crippen LogP contribution < -0.4 is 5.73 Å². The molecule has 2 nitrogen and oxygen atoms in total. The Morgan fingerprint density at radius 2 is 1.79 bits per heavy atom. The van der Waals surface area contributed by atoms with Gasteiger partial charge in [0.1, 0.15) is 5.92 Å². The third kappa shape index (κ3) is 1.76. The van der Waals surface area contributed by atoms with Gasteiger partial charge in [0.15, 0.2) is 0 Å². The fourth-order valence-electron chi connectivity index (χ4n) is 1.63. The molecule has 1 heterocycles. The molecule has 14 heavy (non-hydrogen) atoms. The molecule has 0 aromatic carbocycles. The van der Waals surface area contributed by atoms with E-state index in [9.17, 15) is 13.2 Å². The first kappa shape index (κ1) is 11.1. The van der Waals surface area contributed by atoms with E-state index in [-0.39, 0.29) is 11.4 Å². The second kappa shape index (κ2) is 3.29. The number of alkyl halides is 3. The van der Waals surface area contributed by atoms with E-state index in [2.05, 4.69) is 4.99 Å². The molecule has 1 aliphatic rings. The number of rotatable bonds is 0. The molecule has 2 N–H and O–H groups in total. The number of halogens is 3. The molecule has 2 atom stereocenters. The van der Waals surface area contributed by atoms with Gasteiger partial charge in [-0.2, -0.15) is 13.2 Å². The van der Waals surface area contributed by atoms with Crippen molar-refractivity contribution in [3.63, 3.8) is 0 Å². The molecular weight excluding hydrogens is 193 g/mol. The molecule has 80 valence electrons. The second-order valence-corrected chi connectivity index (χ2v) is 3.60. The van der Waals surface area contributed by atoms with Crippen molar-refractivity contribution >= 4 is 5.71 Å². The Hall–Kier alpha value is -1.00. The van der Waals surface area contributed by atoms with E-state index in [0.717, 1.165) is 0 Å². The highest BCUT2D eigenvalue weighted by molar-refractivity contribution is 5.86. The summed E-state index contributed by atoms with van der Waals surface area (Å²) in [4.78, 5) is 3.98. The minimum atomic E-state index is -4.29. The molecule has 0 radical (unpaired) electrons. The van der Waals surface area contributed by atoms with Crippen LogP contribution in [0.2, 0.25) is 0 Å². The molecule has 2 unspecified atom stereocenters. The van der Waals surface area contributed by atoms with Crippen molar-refractivity contribution in [1.29, 1.82) is 0 Å². The lowest BCUT2D eigenvalue weighted by molar-refractivity contribution is -0.171. The van der Waals surface area contributed by atoms with Crippen LogP contribution in [0.3, 0.4) is 0 Å². The summed E-state index contributed by atoms with van der Waals surface area (Å²) in [6, 6.07) is 0. The number of nitrogens with zero attached hydrogens (tertiary/aromatic N) is 1. The van der Waals surface area contributed by atoms with Gasteiger partial charge < -0.3 is 5.73 Å². The molecule has 0 saturated heterocycles. The molecule has 0 aliphatic carbocycles.